The van der Waals surface area contributed by atoms with Gasteiger partial charge in [-0.3, -0.25) is 0 Å². The van der Waals surface area contributed by atoms with E-state index in [1.165, 1.54) is 106 Å². The largest absolute Gasteiger partial charge is 0.382 e. The maximum absolute atomic E-state index is 2.63. The molecule has 4 aliphatic rings. The number of fused-ring (bicyclic) bond motifs is 9. The molecule has 262 valence electrons. The Kier molecular flexibility index (Phi) is 5.78. The predicted molar refractivity (Wildman–Crippen MR) is 237 cm³/mol. The summed E-state index contributed by atoms with van der Waals surface area (Å²) in [6.45, 7) is 7.14. The van der Waals surface area contributed by atoms with Crippen LogP contribution in [0.3, 0.4) is 0 Å². The highest BCUT2D eigenvalue weighted by Gasteiger charge is 2.50. The Balaban J connectivity index is 1.27. The van der Waals surface area contributed by atoms with E-state index in [9.17, 15) is 0 Å². The fourth-order valence-electron chi connectivity index (χ4n) is 10.9. The summed E-state index contributed by atoms with van der Waals surface area (Å²) in [6.07, 6.45) is 4.70. The highest BCUT2D eigenvalue weighted by Crippen LogP contribution is 2.49. The molecule has 0 bridgehead atoms. The van der Waals surface area contributed by atoms with Crippen molar-refractivity contribution in [3.63, 3.8) is 0 Å². The lowest BCUT2D eigenvalue weighted by molar-refractivity contribution is 0.594. The number of hydrogen-bond donors (Lipinski definition) is 0. The van der Waals surface area contributed by atoms with Crippen LogP contribution in [0.5, 0.6) is 0 Å². The summed E-state index contributed by atoms with van der Waals surface area (Å²) in [5.41, 5.74) is 21.9. The molecule has 6 heteroatoms. The monoisotopic (exact) mass is 714 g/mol. The molecule has 0 radical (unpaired) electrons. The quantitative estimate of drug-likeness (QED) is 0.166. The second kappa shape index (κ2) is 10.6. The molecule has 7 aromatic carbocycles. The first-order valence-electron chi connectivity index (χ1n) is 19.8. The van der Waals surface area contributed by atoms with Crippen LogP contribution in [0, 0.1) is 0 Å². The Morgan fingerprint density at radius 1 is 0.411 bits per heavy atom. The molecule has 4 aliphatic heterocycles. The van der Waals surface area contributed by atoms with Gasteiger partial charge in [0.25, 0.3) is 0 Å². The predicted octanol–water partition coefficient (Wildman–Crippen LogP) is 9.73. The van der Waals surface area contributed by atoms with E-state index in [1.807, 2.05) is 0 Å². The summed E-state index contributed by atoms with van der Waals surface area (Å²) in [4.78, 5) is 5.19. The van der Waals surface area contributed by atoms with Crippen molar-refractivity contribution < 1.29 is 0 Å². The molecule has 6 heterocycles. The molecule has 0 N–H and O–H groups in total. The molecule has 0 atom stereocenters. The Morgan fingerprint density at radius 2 is 0.893 bits per heavy atom. The molecule has 0 aliphatic carbocycles. The third kappa shape index (κ3) is 3.72. The van der Waals surface area contributed by atoms with E-state index in [4.69, 9.17) is 0 Å². The van der Waals surface area contributed by atoms with Crippen LogP contribution in [0.4, 0.5) is 34.1 Å². The van der Waals surface area contributed by atoms with Crippen molar-refractivity contribution in [2.24, 2.45) is 0 Å². The van der Waals surface area contributed by atoms with E-state index in [0.29, 0.717) is 0 Å². The third-order valence-corrected chi connectivity index (χ3v) is 13.0. The number of aromatic nitrogens is 2. The highest BCUT2D eigenvalue weighted by atomic mass is 15.2. The zero-order valence-electron chi connectivity index (χ0n) is 31.5. The number of rotatable bonds is 2. The molecule has 0 spiro atoms. The summed E-state index contributed by atoms with van der Waals surface area (Å²) in [6, 6.07) is 56.9. The molecular weight excluding hydrogens is 678 g/mol. The molecule has 2 aromatic heterocycles. The van der Waals surface area contributed by atoms with Gasteiger partial charge in [0.15, 0.2) is 0 Å². The first kappa shape index (κ1) is 30.7. The smallest absolute Gasteiger partial charge is 0.334 e. The summed E-state index contributed by atoms with van der Waals surface area (Å²) in [7, 11) is 0. The summed E-state index contributed by atoms with van der Waals surface area (Å²) < 4.78 is 5.19. The first-order chi connectivity index (χ1) is 27.5. The molecule has 0 fully saturated rings. The van der Waals surface area contributed by atoms with Crippen LogP contribution < -0.4 is 31.7 Å². The van der Waals surface area contributed by atoms with Gasteiger partial charge in [-0.2, -0.15) is 0 Å². The SMILES string of the molecule is CC(C)(C)c1cc2c(c3c1B1c4c(cccc4N3c3ccccc3)-c3cccc4ccn1c34)B1c3c(cccc3N2c2ccccc2)-c2cccc3ccn1c23. The molecule has 4 nitrogen and oxygen atoms in total. The molecule has 0 unspecified atom stereocenters. The molecule has 0 saturated heterocycles. The number of anilines is 6. The van der Waals surface area contributed by atoms with Crippen LogP contribution >= 0.6 is 0 Å². The van der Waals surface area contributed by atoms with Crippen molar-refractivity contribution in [3.05, 3.63) is 170 Å². The normalized spacial score (nSPS) is 14.2. The zero-order valence-corrected chi connectivity index (χ0v) is 31.5. The summed E-state index contributed by atoms with van der Waals surface area (Å²) in [5, 5.41) is 2.56. The van der Waals surface area contributed by atoms with Crippen molar-refractivity contribution in [2.75, 3.05) is 9.80 Å². The lowest BCUT2D eigenvalue weighted by Gasteiger charge is -2.48. The van der Waals surface area contributed by atoms with Crippen molar-refractivity contribution >= 4 is 91.5 Å². The fourth-order valence-corrected chi connectivity index (χ4v) is 10.9. The van der Waals surface area contributed by atoms with Crippen LogP contribution in [-0.2, 0) is 5.41 Å². The van der Waals surface area contributed by atoms with Crippen LogP contribution in [-0.4, -0.2) is 22.7 Å². The highest BCUT2D eigenvalue weighted by molar-refractivity contribution is 6.94. The van der Waals surface area contributed by atoms with E-state index in [0.717, 1.165) is 0 Å². The van der Waals surface area contributed by atoms with Gasteiger partial charge in [-0.15, -0.1) is 0 Å². The van der Waals surface area contributed by atoms with Crippen LogP contribution in [0.15, 0.2) is 164 Å². The number of benzene rings is 7. The third-order valence-electron chi connectivity index (χ3n) is 13.0. The standard InChI is InChI=1S/C50H36B2N4/c1-50(2,3)39-30-42-46(52-43-35(37-22-11-15-32-27-29-54(52)48(32)37)20-12-24-40(43)55(42)33-16-6-4-7-17-33)49-45(39)51-44-36(38-23-10-14-31-26-28-53(51)47(31)38)21-13-25-41(44)56(49)34-18-8-5-9-19-34/h4-30H,1-3H3. The second-order valence-corrected chi connectivity index (χ2v) is 16.9. The molecule has 9 aromatic rings. The molecule has 0 saturated carbocycles. The lowest BCUT2D eigenvalue weighted by Crippen LogP contribution is -2.64. The van der Waals surface area contributed by atoms with E-state index in [-0.39, 0.29) is 19.1 Å². The fraction of sp³-hybridized carbons (Fsp3) is 0.0800. The summed E-state index contributed by atoms with van der Waals surface area (Å²) >= 11 is 0. The Bertz CT molecular complexity index is 3150. The van der Waals surface area contributed by atoms with E-state index < -0.39 is 0 Å². The zero-order chi connectivity index (χ0) is 37.0. The van der Waals surface area contributed by atoms with Gasteiger partial charge in [-0.25, -0.2) is 0 Å². The average molecular weight is 714 g/mol. The van der Waals surface area contributed by atoms with Crippen molar-refractivity contribution in [2.45, 2.75) is 26.2 Å². The van der Waals surface area contributed by atoms with Crippen molar-refractivity contribution in [3.8, 4) is 22.3 Å². The average Bonchev–Trinajstić information content (AvgIpc) is 3.87. The minimum atomic E-state index is -0.179. The van der Waals surface area contributed by atoms with Crippen molar-refractivity contribution in [1.29, 1.82) is 0 Å². The van der Waals surface area contributed by atoms with Crippen LogP contribution in [0.2, 0.25) is 0 Å². The van der Waals surface area contributed by atoms with Crippen LogP contribution in [0.1, 0.15) is 26.3 Å². The number of hydrogen-bond acceptors (Lipinski definition) is 2. The topological polar surface area (TPSA) is 16.3 Å². The minimum Gasteiger partial charge on any atom is -0.382 e. The van der Waals surface area contributed by atoms with E-state index >= 15 is 0 Å². The van der Waals surface area contributed by atoms with E-state index in [1.54, 1.807) is 0 Å². The maximum atomic E-state index is 2.63. The number of nitrogens with zero attached hydrogens (tertiary/aromatic N) is 4. The molecule has 13 rings (SSSR count). The van der Waals surface area contributed by atoms with Gasteiger partial charge >= 0.3 is 13.7 Å². The van der Waals surface area contributed by atoms with Crippen molar-refractivity contribution in [1.82, 2.24) is 8.96 Å². The van der Waals surface area contributed by atoms with E-state index in [2.05, 4.69) is 204 Å². The second-order valence-electron chi connectivity index (χ2n) is 16.9. The van der Waals surface area contributed by atoms with Gasteiger partial charge in [0.05, 0.1) is 0 Å². The molecular formula is C50H36B2N4. The van der Waals surface area contributed by atoms with Crippen LogP contribution in [0.25, 0.3) is 44.1 Å². The Morgan fingerprint density at radius 3 is 1.45 bits per heavy atom. The minimum absolute atomic E-state index is 0.00883. The maximum Gasteiger partial charge on any atom is 0.334 e. The Labute approximate surface area is 327 Å². The van der Waals surface area contributed by atoms with Gasteiger partial charge in [-0.05, 0) is 122 Å². The van der Waals surface area contributed by atoms with Gasteiger partial charge < -0.3 is 18.8 Å². The first-order valence-corrected chi connectivity index (χ1v) is 19.8. The summed E-state index contributed by atoms with van der Waals surface area (Å²) in [5.74, 6) is 0. The van der Waals surface area contributed by atoms with Gasteiger partial charge in [-0.1, -0.05) is 118 Å². The van der Waals surface area contributed by atoms with Gasteiger partial charge in [0.1, 0.15) is 0 Å². The van der Waals surface area contributed by atoms with Gasteiger partial charge in [0, 0.05) is 56.3 Å². The lowest BCUT2D eigenvalue weighted by atomic mass is 9.39. The Hall–Kier alpha value is -6.65. The molecule has 56 heavy (non-hydrogen) atoms. The number of para-hydroxylation sites is 4. The van der Waals surface area contributed by atoms with Gasteiger partial charge in [0.2, 0.25) is 0 Å². The molecule has 0 amide bonds.